The first kappa shape index (κ1) is 15.9. The highest BCUT2D eigenvalue weighted by atomic mass is 19.1. The number of carbonyl (C=O) groups excluding carboxylic acids is 1. The van der Waals surface area contributed by atoms with E-state index in [9.17, 15) is 18.4 Å². The van der Waals surface area contributed by atoms with Gasteiger partial charge in [0.1, 0.15) is 11.5 Å². The minimum atomic E-state index is -1.05. The van der Waals surface area contributed by atoms with E-state index in [4.69, 9.17) is 5.11 Å². The number of rotatable bonds is 5. The van der Waals surface area contributed by atoms with Crippen LogP contribution in [0.15, 0.2) is 12.1 Å². The molecule has 0 aromatic heterocycles. The van der Waals surface area contributed by atoms with Gasteiger partial charge in [-0.15, -0.1) is 0 Å². The van der Waals surface area contributed by atoms with E-state index in [1.807, 2.05) is 0 Å². The molecule has 5 nitrogen and oxygen atoms in total. The van der Waals surface area contributed by atoms with Crippen molar-refractivity contribution >= 4 is 17.7 Å². The van der Waals surface area contributed by atoms with E-state index in [1.54, 1.807) is 6.92 Å². The number of carbonyl (C=O) groups is 2. The first-order valence-corrected chi connectivity index (χ1v) is 6.09. The lowest BCUT2D eigenvalue weighted by Gasteiger charge is -2.21. The number of benzene rings is 1. The third-order valence-corrected chi connectivity index (χ3v) is 2.78. The average Bonchev–Trinajstić information content (AvgIpc) is 2.39. The molecule has 0 radical (unpaired) electrons. The molecule has 0 unspecified atom stereocenters. The van der Waals surface area contributed by atoms with Crippen LogP contribution in [0.3, 0.4) is 0 Å². The summed E-state index contributed by atoms with van der Waals surface area (Å²) < 4.78 is 27.2. The van der Waals surface area contributed by atoms with Gasteiger partial charge in [-0.3, -0.25) is 4.79 Å². The number of nitrogens with zero attached hydrogens (tertiary/aromatic N) is 1. The van der Waals surface area contributed by atoms with E-state index in [1.165, 1.54) is 13.0 Å². The predicted molar refractivity (Wildman–Crippen MR) is 69.6 cm³/mol. The van der Waals surface area contributed by atoms with Crippen molar-refractivity contribution in [1.82, 2.24) is 4.90 Å². The molecule has 0 aliphatic heterocycles. The van der Waals surface area contributed by atoms with Crippen LogP contribution in [0.1, 0.15) is 18.9 Å². The number of aliphatic carboxylic acids is 1. The second kappa shape index (κ2) is 6.83. The third-order valence-electron chi connectivity index (χ3n) is 2.78. The molecule has 0 atom stereocenters. The van der Waals surface area contributed by atoms with Crippen molar-refractivity contribution in [2.24, 2.45) is 0 Å². The van der Waals surface area contributed by atoms with Gasteiger partial charge in [0.25, 0.3) is 0 Å². The first-order valence-electron chi connectivity index (χ1n) is 6.09. The molecule has 0 saturated heterocycles. The van der Waals surface area contributed by atoms with Crippen LogP contribution >= 0.6 is 0 Å². The second-order valence-corrected chi connectivity index (χ2v) is 4.21. The summed E-state index contributed by atoms with van der Waals surface area (Å²) in [6, 6.07) is 1.58. The van der Waals surface area contributed by atoms with Gasteiger partial charge in [-0.25, -0.2) is 13.6 Å². The van der Waals surface area contributed by atoms with E-state index in [2.05, 4.69) is 5.32 Å². The number of amides is 2. The van der Waals surface area contributed by atoms with Gasteiger partial charge in [0, 0.05) is 13.1 Å². The molecule has 0 fully saturated rings. The lowest BCUT2D eigenvalue weighted by molar-refractivity contribution is -0.137. The summed E-state index contributed by atoms with van der Waals surface area (Å²) in [5.41, 5.74) is -0.320. The van der Waals surface area contributed by atoms with Crippen molar-refractivity contribution in [3.05, 3.63) is 29.3 Å². The molecule has 0 heterocycles. The molecule has 0 aliphatic rings. The number of carboxylic acids is 1. The number of halogens is 2. The largest absolute Gasteiger partial charge is 0.481 e. The average molecular weight is 286 g/mol. The zero-order chi connectivity index (χ0) is 15.3. The molecule has 2 amide bonds. The SMILES string of the molecule is CCN(CCC(=O)O)C(=O)Nc1c(F)ccc(C)c1F. The smallest absolute Gasteiger partial charge is 0.322 e. The number of urea groups is 1. The summed E-state index contributed by atoms with van der Waals surface area (Å²) in [6.45, 7) is 3.29. The van der Waals surface area contributed by atoms with Crippen LogP contribution in [0.25, 0.3) is 0 Å². The second-order valence-electron chi connectivity index (χ2n) is 4.21. The molecule has 0 aliphatic carbocycles. The molecule has 7 heteroatoms. The highest BCUT2D eigenvalue weighted by Gasteiger charge is 2.18. The molecule has 1 aromatic rings. The lowest BCUT2D eigenvalue weighted by atomic mass is 10.2. The van der Waals surface area contributed by atoms with Crippen LogP contribution in [-0.2, 0) is 4.79 Å². The van der Waals surface area contributed by atoms with E-state index in [0.29, 0.717) is 0 Å². The van der Waals surface area contributed by atoms with Crippen molar-refractivity contribution < 1.29 is 23.5 Å². The van der Waals surface area contributed by atoms with Gasteiger partial charge < -0.3 is 15.3 Å². The van der Waals surface area contributed by atoms with E-state index in [0.717, 1.165) is 11.0 Å². The summed E-state index contributed by atoms with van der Waals surface area (Å²) >= 11 is 0. The van der Waals surface area contributed by atoms with Gasteiger partial charge in [-0.2, -0.15) is 0 Å². The van der Waals surface area contributed by atoms with Crippen LogP contribution in [0, 0.1) is 18.6 Å². The number of aryl methyl sites for hydroxylation is 1. The van der Waals surface area contributed by atoms with Crippen molar-refractivity contribution in [3.8, 4) is 0 Å². The fourth-order valence-electron chi connectivity index (χ4n) is 1.59. The quantitative estimate of drug-likeness (QED) is 0.874. The molecule has 0 spiro atoms. The first-order chi connectivity index (χ1) is 9.36. The zero-order valence-electron chi connectivity index (χ0n) is 11.2. The Kier molecular flexibility index (Phi) is 5.42. The van der Waals surface area contributed by atoms with Gasteiger partial charge in [-0.1, -0.05) is 6.07 Å². The molecule has 1 aromatic carbocycles. The molecule has 0 bridgehead atoms. The Bertz CT molecular complexity index is 521. The molecule has 0 saturated carbocycles. The topological polar surface area (TPSA) is 69.6 Å². The fourth-order valence-corrected chi connectivity index (χ4v) is 1.59. The minimum Gasteiger partial charge on any atom is -0.481 e. The van der Waals surface area contributed by atoms with Crippen molar-refractivity contribution in [2.45, 2.75) is 20.3 Å². The van der Waals surface area contributed by atoms with Crippen molar-refractivity contribution in [1.29, 1.82) is 0 Å². The van der Waals surface area contributed by atoms with Crippen molar-refractivity contribution in [3.63, 3.8) is 0 Å². The summed E-state index contributed by atoms with van der Waals surface area (Å²) in [5, 5.41) is 10.7. The molecular weight excluding hydrogens is 270 g/mol. The Morgan fingerprint density at radius 1 is 1.35 bits per heavy atom. The summed E-state index contributed by atoms with van der Waals surface area (Å²) in [4.78, 5) is 23.5. The third kappa shape index (κ3) is 3.91. The van der Waals surface area contributed by atoms with Gasteiger partial charge >= 0.3 is 12.0 Å². The Morgan fingerprint density at radius 2 is 2.00 bits per heavy atom. The van der Waals surface area contributed by atoms with E-state index < -0.39 is 29.3 Å². The number of anilines is 1. The summed E-state index contributed by atoms with van der Waals surface area (Å²) in [7, 11) is 0. The van der Waals surface area contributed by atoms with Crippen LogP contribution < -0.4 is 5.32 Å². The van der Waals surface area contributed by atoms with Crippen LogP contribution in [0.4, 0.5) is 19.3 Å². The Morgan fingerprint density at radius 3 is 2.55 bits per heavy atom. The van der Waals surface area contributed by atoms with Gasteiger partial charge in [0.2, 0.25) is 0 Å². The molecule has 110 valence electrons. The number of carboxylic acid groups (broad SMARTS) is 1. The maximum atomic E-state index is 13.7. The standard InChI is InChI=1S/C13H16F2N2O3/c1-3-17(7-6-10(18)19)13(20)16-12-9(14)5-4-8(2)11(12)15/h4-5H,3,6-7H2,1-2H3,(H,16,20)(H,18,19). The number of hydrogen-bond donors (Lipinski definition) is 2. The molecule has 2 N–H and O–H groups in total. The lowest BCUT2D eigenvalue weighted by Crippen LogP contribution is -2.36. The van der Waals surface area contributed by atoms with Gasteiger partial charge in [-0.05, 0) is 25.5 Å². The van der Waals surface area contributed by atoms with E-state index in [-0.39, 0.29) is 25.1 Å². The monoisotopic (exact) mass is 286 g/mol. The number of hydrogen-bond acceptors (Lipinski definition) is 2. The highest BCUT2D eigenvalue weighted by molar-refractivity contribution is 5.90. The number of nitrogens with one attached hydrogen (secondary N) is 1. The van der Waals surface area contributed by atoms with Crippen molar-refractivity contribution in [2.75, 3.05) is 18.4 Å². The summed E-state index contributed by atoms with van der Waals surface area (Å²) in [5.74, 6) is -2.77. The zero-order valence-corrected chi connectivity index (χ0v) is 11.2. The Labute approximate surface area is 115 Å². The van der Waals surface area contributed by atoms with Crippen LogP contribution in [-0.4, -0.2) is 35.1 Å². The molecular formula is C13H16F2N2O3. The molecule has 20 heavy (non-hydrogen) atoms. The maximum absolute atomic E-state index is 13.7. The Hall–Kier alpha value is -2.18. The summed E-state index contributed by atoms with van der Waals surface area (Å²) in [6.07, 6.45) is -0.236. The Balaban J connectivity index is 2.83. The van der Waals surface area contributed by atoms with Crippen LogP contribution in [0.2, 0.25) is 0 Å². The van der Waals surface area contributed by atoms with Gasteiger partial charge in [0.05, 0.1) is 6.42 Å². The predicted octanol–water partition coefficient (Wildman–Crippen LogP) is 2.60. The molecule has 1 rings (SSSR count). The van der Waals surface area contributed by atoms with Gasteiger partial charge in [0.15, 0.2) is 5.82 Å². The van der Waals surface area contributed by atoms with E-state index >= 15 is 0 Å². The highest BCUT2D eigenvalue weighted by Crippen LogP contribution is 2.22. The normalized spacial score (nSPS) is 10.2. The fraction of sp³-hybridized carbons (Fsp3) is 0.385. The maximum Gasteiger partial charge on any atom is 0.322 e. The van der Waals surface area contributed by atoms with Crippen LogP contribution in [0.5, 0.6) is 0 Å². The minimum absolute atomic E-state index is 0.0350.